The molecule has 4 nitrogen and oxygen atoms in total. The number of nitrogens with two attached hydrogens (primary N) is 1. The lowest BCUT2D eigenvalue weighted by molar-refractivity contribution is -0.136. The lowest BCUT2D eigenvalue weighted by Crippen LogP contribution is -2.14. The van der Waals surface area contributed by atoms with Gasteiger partial charge in [0.1, 0.15) is 5.75 Å². The van der Waals surface area contributed by atoms with E-state index in [1.54, 1.807) is 0 Å². The molecular formula is C14H11F3N2O2. The summed E-state index contributed by atoms with van der Waals surface area (Å²) in [6.07, 6.45) is -4.59. The van der Waals surface area contributed by atoms with Crippen molar-refractivity contribution in [3.05, 3.63) is 53.6 Å². The third kappa shape index (κ3) is 3.44. The number of rotatable bonds is 2. The summed E-state index contributed by atoms with van der Waals surface area (Å²) in [6.45, 7) is 0. The zero-order valence-electron chi connectivity index (χ0n) is 10.6. The molecule has 0 radical (unpaired) electrons. The third-order valence-corrected chi connectivity index (χ3v) is 2.75. The van der Waals surface area contributed by atoms with Gasteiger partial charge in [-0.15, -0.1) is 0 Å². The summed E-state index contributed by atoms with van der Waals surface area (Å²) in [5, 5.41) is 11.5. The molecule has 21 heavy (non-hydrogen) atoms. The number of amides is 1. The Morgan fingerprint density at radius 3 is 2.29 bits per heavy atom. The van der Waals surface area contributed by atoms with Gasteiger partial charge in [0.25, 0.3) is 5.91 Å². The van der Waals surface area contributed by atoms with Gasteiger partial charge in [-0.05, 0) is 42.5 Å². The highest BCUT2D eigenvalue weighted by atomic mass is 19.4. The van der Waals surface area contributed by atoms with Crippen LogP contribution in [0.25, 0.3) is 0 Å². The molecule has 0 aliphatic heterocycles. The van der Waals surface area contributed by atoms with Gasteiger partial charge in [-0.25, -0.2) is 0 Å². The lowest BCUT2D eigenvalue weighted by atomic mass is 10.1. The topological polar surface area (TPSA) is 75.3 Å². The number of hydrogen-bond donors (Lipinski definition) is 3. The number of phenolic OH excluding ortho intramolecular Hbond substituents is 1. The van der Waals surface area contributed by atoms with Gasteiger partial charge in [0.15, 0.2) is 0 Å². The molecule has 0 atom stereocenters. The molecule has 0 saturated heterocycles. The predicted octanol–water partition coefficient (Wildman–Crippen LogP) is 3.25. The minimum atomic E-state index is -4.59. The van der Waals surface area contributed by atoms with E-state index in [0.29, 0.717) is 0 Å². The van der Waals surface area contributed by atoms with E-state index >= 15 is 0 Å². The molecule has 0 unspecified atom stereocenters. The molecule has 0 spiro atoms. The molecule has 0 heterocycles. The zero-order valence-corrected chi connectivity index (χ0v) is 10.6. The van der Waals surface area contributed by atoms with E-state index in [1.807, 2.05) is 0 Å². The first kappa shape index (κ1) is 14.7. The molecule has 0 aliphatic rings. The van der Waals surface area contributed by atoms with Gasteiger partial charge in [-0.2, -0.15) is 13.2 Å². The molecule has 1 amide bonds. The number of benzene rings is 2. The van der Waals surface area contributed by atoms with E-state index in [0.717, 1.165) is 12.1 Å². The van der Waals surface area contributed by atoms with Gasteiger partial charge in [0.2, 0.25) is 0 Å². The molecular weight excluding hydrogens is 285 g/mol. The van der Waals surface area contributed by atoms with Gasteiger partial charge < -0.3 is 16.2 Å². The number of nitrogens with one attached hydrogen (secondary N) is 1. The molecule has 0 fully saturated rings. The van der Waals surface area contributed by atoms with Crippen molar-refractivity contribution in [2.24, 2.45) is 0 Å². The molecule has 0 bridgehead atoms. The maximum atomic E-state index is 12.7. The summed E-state index contributed by atoms with van der Waals surface area (Å²) in [6, 6.07) is 8.45. The molecule has 110 valence electrons. The maximum Gasteiger partial charge on any atom is 0.418 e. The highest BCUT2D eigenvalue weighted by molar-refractivity contribution is 6.04. The number of nitrogen functional groups attached to an aromatic ring is 1. The summed E-state index contributed by atoms with van der Waals surface area (Å²) in [5.41, 5.74) is 4.04. The van der Waals surface area contributed by atoms with E-state index in [4.69, 9.17) is 10.8 Å². The second-order valence-electron chi connectivity index (χ2n) is 4.30. The van der Waals surface area contributed by atoms with E-state index in [9.17, 15) is 18.0 Å². The van der Waals surface area contributed by atoms with Crippen LogP contribution in [-0.4, -0.2) is 11.0 Å². The highest BCUT2D eigenvalue weighted by Crippen LogP contribution is 2.35. The predicted molar refractivity (Wildman–Crippen MR) is 71.9 cm³/mol. The number of aromatic hydroxyl groups is 1. The molecule has 7 heteroatoms. The van der Waals surface area contributed by atoms with Crippen LogP contribution in [0.15, 0.2) is 42.5 Å². The van der Waals surface area contributed by atoms with Crippen LogP contribution in [0.3, 0.4) is 0 Å². The number of anilines is 2. The first-order chi connectivity index (χ1) is 9.77. The normalized spacial score (nSPS) is 11.2. The Morgan fingerprint density at radius 1 is 1.10 bits per heavy atom. The molecule has 0 aromatic heterocycles. The standard InChI is InChI=1S/C14H11F3N2O2/c15-14(16,17)11-7-9(3-6-12(11)18)19-13(21)8-1-4-10(20)5-2-8/h1-7,20H,18H2,(H,19,21). The van der Waals surface area contributed by atoms with Crippen molar-refractivity contribution < 1.29 is 23.1 Å². The minimum absolute atomic E-state index is 0.0154. The van der Waals surface area contributed by atoms with Crippen molar-refractivity contribution in [3.8, 4) is 5.75 Å². The van der Waals surface area contributed by atoms with E-state index in [1.165, 1.54) is 30.3 Å². The maximum absolute atomic E-state index is 12.7. The smallest absolute Gasteiger partial charge is 0.418 e. The molecule has 4 N–H and O–H groups in total. The van der Waals surface area contributed by atoms with Crippen LogP contribution in [0, 0.1) is 0 Å². The van der Waals surface area contributed by atoms with Crippen molar-refractivity contribution in [2.75, 3.05) is 11.1 Å². The molecule has 0 saturated carbocycles. The number of carbonyl (C=O) groups is 1. The van der Waals surface area contributed by atoms with Crippen LogP contribution in [0.4, 0.5) is 24.5 Å². The van der Waals surface area contributed by atoms with Crippen LogP contribution in [0.5, 0.6) is 5.75 Å². The SMILES string of the molecule is Nc1ccc(NC(=O)c2ccc(O)cc2)cc1C(F)(F)F. The quantitative estimate of drug-likeness (QED) is 0.745. The molecule has 0 aliphatic carbocycles. The summed E-state index contributed by atoms with van der Waals surface area (Å²) >= 11 is 0. The summed E-state index contributed by atoms with van der Waals surface area (Å²) in [4.78, 5) is 11.9. The Kier molecular flexibility index (Phi) is 3.75. The molecule has 2 aromatic rings. The van der Waals surface area contributed by atoms with Crippen LogP contribution < -0.4 is 11.1 Å². The van der Waals surface area contributed by atoms with Gasteiger partial charge in [-0.3, -0.25) is 4.79 Å². The van der Waals surface area contributed by atoms with Crippen molar-refractivity contribution in [2.45, 2.75) is 6.18 Å². The van der Waals surface area contributed by atoms with Crippen LogP contribution in [0.2, 0.25) is 0 Å². The Hall–Kier alpha value is -2.70. The number of phenols is 1. The van der Waals surface area contributed by atoms with Crippen molar-refractivity contribution >= 4 is 17.3 Å². The molecule has 2 rings (SSSR count). The first-order valence-electron chi connectivity index (χ1n) is 5.84. The Balaban J connectivity index is 2.24. The van der Waals surface area contributed by atoms with E-state index < -0.39 is 23.3 Å². The lowest BCUT2D eigenvalue weighted by Gasteiger charge is -2.12. The second kappa shape index (κ2) is 5.35. The number of alkyl halides is 3. The number of carbonyl (C=O) groups excluding carboxylic acids is 1. The molecule has 2 aromatic carbocycles. The fourth-order valence-corrected chi connectivity index (χ4v) is 1.70. The third-order valence-electron chi connectivity index (χ3n) is 2.75. The summed E-state index contributed by atoms with van der Waals surface area (Å²) in [5.74, 6) is -0.605. The Morgan fingerprint density at radius 2 is 1.71 bits per heavy atom. The van der Waals surface area contributed by atoms with Crippen LogP contribution in [0.1, 0.15) is 15.9 Å². The van der Waals surface area contributed by atoms with Gasteiger partial charge in [-0.1, -0.05) is 0 Å². The van der Waals surface area contributed by atoms with Crippen molar-refractivity contribution in [3.63, 3.8) is 0 Å². The van der Waals surface area contributed by atoms with E-state index in [-0.39, 0.29) is 17.0 Å². The average Bonchev–Trinajstić information content (AvgIpc) is 2.40. The fourth-order valence-electron chi connectivity index (χ4n) is 1.70. The van der Waals surface area contributed by atoms with Crippen molar-refractivity contribution in [1.82, 2.24) is 0 Å². The first-order valence-corrected chi connectivity index (χ1v) is 5.84. The Bertz CT molecular complexity index is 667. The number of halogens is 3. The van der Waals surface area contributed by atoms with Gasteiger partial charge in [0.05, 0.1) is 5.56 Å². The highest BCUT2D eigenvalue weighted by Gasteiger charge is 2.33. The zero-order chi connectivity index (χ0) is 15.6. The second-order valence-corrected chi connectivity index (χ2v) is 4.30. The average molecular weight is 296 g/mol. The largest absolute Gasteiger partial charge is 0.508 e. The van der Waals surface area contributed by atoms with Crippen LogP contribution >= 0.6 is 0 Å². The fraction of sp³-hybridized carbons (Fsp3) is 0.0714. The van der Waals surface area contributed by atoms with Crippen LogP contribution in [-0.2, 0) is 6.18 Å². The Labute approximate surface area is 118 Å². The minimum Gasteiger partial charge on any atom is -0.508 e. The number of hydrogen-bond acceptors (Lipinski definition) is 3. The summed E-state index contributed by atoms with van der Waals surface area (Å²) in [7, 11) is 0. The van der Waals surface area contributed by atoms with Gasteiger partial charge in [0, 0.05) is 16.9 Å². The summed E-state index contributed by atoms with van der Waals surface area (Å²) < 4.78 is 38.1. The monoisotopic (exact) mass is 296 g/mol. The van der Waals surface area contributed by atoms with Gasteiger partial charge >= 0.3 is 6.18 Å². The van der Waals surface area contributed by atoms with Crippen molar-refractivity contribution in [1.29, 1.82) is 0 Å². The van der Waals surface area contributed by atoms with E-state index in [2.05, 4.69) is 5.32 Å².